The Labute approximate surface area is 365 Å². The number of hydrogen-bond acceptors (Lipinski definition) is 10. The van der Waals surface area contributed by atoms with Crippen molar-refractivity contribution in [2.24, 2.45) is 0 Å². The Morgan fingerprint density at radius 3 is 1.06 bits per heavy atom. The maximum atomic E-state index is 9.25. The summed E-state index contributed by atoms with van der Waals surface area (Å²) < 4.78 is 0. The summed E-state index contributed by atoms with van der Waals surface area (Å²) in [5.41, 5.74) is 0. The number of aliphatic hydroxyl groups is 1. The first-order valence-corrected chi connectivity index (χ1v) is 32.3. The third kappa shape index (κ3) is 44.1. The van der Waals surface area contributed by atoms with Crippen molar-refractivity contribution >= 4 is 86.4 Å². The first kappa shape index (κ1) is 55.7. The average molecular weight is 893 g/mol. The molecular formula is C43H89NOS8. The van der Waals surface area contributed by atoms with Gasteiger partial charge in [0.1, 0.15) is 0 Å². The second kappa shape index (κ2) is 49.1. The molecule has 320 valence electrons. The summed E-state index contributed by atoms with van der Waals surface area (Å²) in [6, 6.07) is 0. The van der Waals surface area contributed by atoms with Gasteiger partial charge < -0.3 is 10.0 Å². The Bertz CT molecular complexity index is 620. The van der Waals surface area contributed by atoms with Gasteiger partial charge in [-0.05, 0) is 51.5 Å². The van der Waals surface area contributed by atoms with Gasteiger partial charge in [-0.25, -0.2) is 0 Å². The average Bonchev–Trinajstić information content (AvgIpc) is 3.17. The molecule has 0 saturated carbocycles. The van der Waals surface area contributed by atoms with E-state index < -0.39 is 0 Å². The molecule has 0 aromatic carbocycles. The fraction of sp³-hybridized carbons (Fsp3) is 1.00. The van der Waals surface area contributed by atoms with Gasteiger partial charge in [-0.1, -0.05) is 242 Å². The van der Waals surface area contributed by atoms with E-state index >= 15 is 0 Å². The highest BCUT2D eigenvalue weighted by atomic mass is 33.1. The molecular weight excluding hydrogens is 803 g/mol. The van der Waals surface area contributed by atoms with E-state index in [0.29, 0.717) is 6.61 Å². The van der Waals surface area contributed by atoms with Crippen LogP contribution in [0, 0.1) is 0 Å². The lowest BCUT2D eigenvalue weighted by Gasteiger charge is -2.21. The minimum atomic E-state index is 0.336. The molecule has 0 aromatic rings. The van der Waals surface area contributed by atoms with Crippen molar-refractivity contribution in [1.82, 2.24) is 4.90 Å². The predicted octanol–water partition coefficient (Wildman–Crippen LogP) is 17.2. The molecule has 2 nitrogen and oxygen atoms in total. The molecule has 0 bridgehead atoms. The number of unbranched alkanes of at least 4 members (excludes halogenated alkanes) is 18. The molecule has 0 amide bonds. The molecule has 0 fully saturated rings. The molecule has 2 unspecified atom stereocenters. The minimum Gasteiger partial charge on any atom is -0.396 e. The van der Waals surface area contributed by atoms with Crippen molar-refractivity contribution in [3.05, 3.63) is 0 Å². The monoisotopic (exact) mass is 891 g/mol. The van der Waals surface area contributed by atoms with Crippen molar-refractivity contribution in [3.63, 3.8) is 0 Å². The standard InChI is InChI=1S/C43H89NOS8/c1-5-9-13-17-19-24-30-42(28-22-15-11-7-3)52-50-40-38-48-46-36-33-44(32-26-21-27-35-45)34-37-47-49-39-41-51-53-43(29-23-16-12-8-4)31-25-20-18-14-10-6-2/h42-43,45H,5-41H2,1-4H3. The van der Waals surface area contributed by atoms with E-state index in [9.17, 15) is 5.11 Å². The Hall–Kier alpha value is 2.72. The smallest absolute Gasteiger partial charge is 0.0431 e. The molecule has 2 atom stereocenters. The zero-order valence-corrected chi connectivity index (χ0v) is 42.0. The van der Waals surface area contributed by atoms with E-state index in [1.807, 2.05) is 0 Å². The maximum Gasteiger partial charge on any atom is 0.0431 e. The van der Waals surface area contributed by atoms with Gasteiger partial charge in [-0.2, -0.15) is 0 Å². The van der Waals surface area contributed by atoms with Crippen LogP contribution < -0.4 is 0 Å². The Balaban J connectivity index is 4.23. The summed E-state index contributed by atoms with van der Waals surface area (Å²) in [6.45, 7) is 13.2. The van der Waals surface area contributed by atoms with Crippen molar-refractivity contribution in [2.75, 3.05) is 60.8 Å². The van der Waals surface area contributed by atoms with E-state index in [0.717, 1.165) is 23.3 Å². The Morgan fingerprint density at radius 1 is 0.340 bits per heavy atom. The zero-order valence-electron chi connectivity index (χ0n) is 35.5. The van der Waals surface area contributed by atoms with Gasteiger partial charge in [0.05, 0.1) is 0 Å². The van der Waals surface area contributed by atoms with E-state index in [1.165, 1.54) is 215 Å². The Kier molecular flexibility index (Phi) is 51.6. The van der Waals surface area contributed by atoms with E-state index in [2.05, 4.69) is 119 Å². The van der Waals surface area contributed by atoms with Gasteiger partial charge in [-0.15, -0.1) is 0 Å². The normalized spacial score (nSPS) is 13.0. The predicted molar refractivity (Wildman–Crippen MR) is 268 cm³/mol. The molecule has 0 aliphatic heterocycles. The Morgan fingerprint density at radius 2 is 0.660 bits per heavy atom. The van der Waals surface area contributed by atoms with Crippen LogP contribution in [0.1, 0.15) is 201 Å². The van der Waals surface area contributed by atoms with Gasteiger partial charge in [0.2, 0.25) is 0 Å². The topological polar surface area (TPSA) is 23.5 Å². The minimum absolute atomic E-state index is 0.336. The van der Waals surface area contributed by atoms with Crippen LogP contribution in [0.5, 0.6) is 0 Å². The molecule has 10 heteroatoms. The zero-order chi connectivity index (χ0) is 38.6. The van der Waals surface area contributed by atoms with Crippen molar-refractivity contribution < 1.29 is 5.11 Å². The fourth-order valence-corrected chi connectivity index (χ4v) is 17.4. The first-order valence-electron chi connectivity index (χ1n) is 22.6. The van der Waals surface area contributed by atoms with Crippen molar-refractivity contribution in [2.45, 2.75) is 212 Å². The van der Waals surface area contributed by atoms with Crippen LogP contribution in [-0.4, -0.2) is 81.3 Å². The molecule has 1 N–H and O–H groups in total. The van der Waals surface area contributed by atoms with E-state index in [1.54, 1.807) is 0 Å². The number of nitrogens with zero attached hydrogens (tertiary/aromatic N) is 1. The van der Waals surface area contributed by atoms with Crippen LogP contribution in [-0.2, 0) is 0 Å². The van der Waals surface area contributed by atoms with Gasteiger partial charge in [0, 0.05) is 64.7 Å². The summed E-state index contributed by atoms with van der Waals surface area (Å²) in [5, 5.41) is 11.0. The van der Waals surface area contributed by atoms with Crippen molar-refractivity contribution in [3.8, 4) is 0 Å². The van der Waals surface area contributed by atoms with Gasteiger partial charge in [-0.3, -0.25) is 0 Å². The first-order chi connectivity index (χ1) is 26.2. The largest absolute Gasteiger partial charge is 0.396 e. The summed E-state index contributed by atoms with van der Waals surface area (Å²) in [6.07, 6.45) is 37.3. The van der Waals surface area contributed by atoms with E-state index in [4.69, 9.17) is 0 Å². The second-order valence-electron chi connectivity index (χ2n) is 14.8. The highest BCUT2D eigenvalue weighted by Gasteiger charge is 2.12. The second-order valence-corrected chi connectivity index (χ2v) is 25.8. The van der Waals surface area contributed by atoms with Crippen LogP contribution in [0.25, 0.3) is 0 Å². The molecule has 0 saturated heterocycles. The summed E-state index contributed by atoms with van der Waals surface area (Å²) in [7, 11) is 17.1. The molecule has 53 heavy (non-hydrogen) atoms. The molecule has 0 aliphatic carbocycles. The highest BCUT2D eigenvalue weighted by molar-refractivity contribution is 8.79. The van der Waals surface area contributed by atoms with E-state index in [-0.39, 0.29) is 0 Å². The lowest BCUT2D eigenvalue weighted by Crippen LogP contribution is -2.29. The molecule has 0 aromatic heterocycles. The van der Waals surface area contributed by atoms with Gasteiger partial charge >= 0.3 is 0 Å². The molecule has 0 rings (SSSR count). The third-order valence-corrected chi connectivity index (χ3v) is 20.9. The SMILES string of the molecule is CCCCCCCCC(CCCCCC)SSCCSSCCN(CCCCCO)CCSSCCSSC(CCCCCC)CCCCCCCC. The van der Waals surface area contributed by atoms with Crippen LogP contribution in [0.3, 0.4) is 0 Å². The summed E-state index contributed by atoms with van der Waals surface area (Å²) >= 11 is 0. The number of hydrogen-bond donors (Lipinski definition) is 1. The van der Waals surface area contributed by atoms with Crippen LogP contribution in [0.15, 0.2) is 0 Å². The highest BCUT2D eigenvalue weighted by Crippen LogP contribution is 2.36. The number of aliphatic hydroxyl groups excluding tert-OH is 1. The van der Waals surface area contributed by atoms with Crippen LogP contribution >= 0.6 is 86.4 Å². The van der Waals surface area contributed by atoms with Gasteiger partial charge in [0.25, 0.3) is 0 Å². The molecule has 0 spiro atoms. The molecule has 0 radical (unpaired) electrons. The fourth-order valence-electron chi connectivity index (χ4n) is 6.34. The lowest BCUT2D eigenvalue weighted by molar-refractivity contribution is 0.267. The quantitative estimate of drug-likeness (QED) is 0.0470. The third-order valence-electron chi connectivity index (χ3n) is 9.71. The van der Waals surface area contributed by atoms with Crippen molar-refractivity contribution in [1.29, 1.82) is 0 Å². The summed E-state index contributed by atoms with van der Waals surface area (Å²) in [4.78, 5) is 2.70. The number of rotatable bonds is 47. The molecule has 0 heterocycles. The van der Waals surface area contributed by atoms with Crippen LogP contribution in [0.4, 0.5) is 0 Å². The summed E-state index contributed by atoms with van der Waals surface area (Å²) in [5.74, 6) is 7.53. The van der Waals surface area contributed by atoms with Crippen LogP contribution in [0.2, 0.25) is 0 Å². The lowest BCUT2D eigenvalue weighted by atomic mass is 10.0. The van der Waals surface area contributed by atoms with Gasteiger partial charge in [0.15, 0.2) is 0 Å². The maximum absolute atomic E-state index is 9.25. The molecule has 0 aliphatic rings.